The highest BCUT2D eigenvalue weighted by atomic mass is 32.2. The van der Waals surface area contributed by atoms with Crippen molar-refractivity contribution in [3.63, 3.8) is 0 Å². The summed E-state index contributed by atoms with van der Waals surface area (Å²) >= 11 is 6.23. The van der Waals surface area contributed by atoms with Gasteiger partial charge in [0.05, 0.1) is 9.80 Å². The van der Waals surface area contributed by atoms with Crippen LogP contribution >= 0.6 is 24.0 Å². The number of thioether (sulfide) groups is 1. The quantitative estimate of drug-likeness (QED) is 0.616. The molecule has 25 heavy (non-hydrogen) atoms. The Morgan fingerprint density at radius 1 is 1.24 bits per heavy atom. The van der Waals surface area contributed by atoms with Gasteiger partial charge in [0.1, 0.15) is 4.32 Å². The van der Waals surface area contributed by atoms with Crippen molar-refractivity contribution in [3.8, 4) is 5.69 Å². The van der Waals surface area contributed by atoms with E-state index in [0.29, 0.717) is 9.23 Å². The Labute approximate surface area is 155 Å². The number of benzene rings is 1. The number of thiocarbonyl (C=S) groups is 1. The average Bonchev–Trinajstić information content (AvgIpc) is 2.98. The number of nitrogens with zero attached hydrogens (tertiary/aromatic N) is 1. The fraction of sp³-hybridized carbons (Fsp3) is 0.125. The zero-order valence-electron chi connectivity index (χ0n) is 13.4. The molecule has 130 valence electrons. The van der Waals surface area contributed by atoms with Crippen LogP contribution in [0, 0.1) is 13.8 Å². The minimum absolute atomic E-state index is 0.0635. The largest absolute Gasteiger partial charge is 0.318 e. The summed E-state index contributed by atoms with van der Waals surface area (Å²) in [6.07, 6.45) is 1.80. The molecule has 3 rings (SSSR count). The predicted molar refractivity (Wildman–Crippen MR) is 103 cm³/mol. The van der Waals surface area contributed by atoms with Crippen molar-refractivity contribution in [3.05, 3.63) is 52.2 Å². The van der Waals surface area contributed by atoms with Gasteiger partial charge in [-0.1, -0.05) is 24.0 Å². The summed E-state index contributed by atoms with van der Waals surface area (Å²) < 4.78 is 25.2. The highest BCUT2D eigenvalue weighted by Crippen LogP contribution is 2.29. The minimum Gasteiger partial charge on any atom is -0.318 e. The first-order valence-corrected chi connectivity index (χ1v) is 10.0. The molecule has 1 amide bonds. The number of hydrogen-bond acceptors (Lipinski definition) is 5. The number of primary sulfonamides is 1. The van der Waals surface area contributed by atoms with Gasteiger partial charge in [0.2, 0.25) is 10.0 Å². The van der Waals surface area contributed by atoms with Crippen molar-refractivity contribution in [2.24, 2.45) is 5.14 Å². The van der Waals surface area contributed by atoms with Gasteiger partial charge in [0.25, 0.3) is 5.91 Å². The lowest BCUT2D eigenvalue weighted by atomic mass is 10.2. The Hall–Kier alpha value is -1.94. The van der Waals surface area contributed by atoms with Gasteiger partial charge >= 0.3 is 0 Å². The topological polar surface area (TPSA) is 94.2 Å². The van der Waals surface area contributed by atoms with E-state index in [1.165, 1.54) is 23.9 Å². The van der Waals surface area contributed by atoms with Crippen LogP contribution < -0.4 is 10.5 Å². The summed E-state index contributed by atoms with van der Waals surface area (Å²) in [6.45, 7) is 3.87. The van der Waals surface area contributed by atoms with Gasteiger partial charge in [-0.15, -0.1) is 0 Å². The van der Waals surface area contributed by atoms with Crippen LogP contribution in [0.25, 0.3) is 11.8 Å². The Morgan fingerprint density at radius 2 is 1.88 bits per heavy atom. The first kappa shape index (κ1) is 17.9. The minimum atomic E-state index is -3.72. The number of amides is 1. The molecule has 9 heteroatoms. The average molecular weight is 394 g/mol. The molecule has 0 atom stereocenters. The molecule has 0 unspecified atom stereocenters. The molecule has 1 saturated heterocycles. The molecule has 1 aliphatic rings. The van der Waals surface area contributed by atoms with E-state index < -0.39 is 10.0 Å². The van der Waals surface area contributed by atoms with Crippen LogP contribution in [0.3, 0.4) is 0 Å². The predicted octanol–water partition coefficient (Wildman–Crippen LogP) is 2.23. The SMILES string of the molecule is Cc1cc(C=C2SC(=S)NC2=O)c(C)n1-c1ccc(S(N)(=O)=O)cc1. The molecule has 0 bridgehead atoms. The number of carbonyl (C=O) groups excluding carboxylic acids is 1. The van der Waals surface area contributed by atoms with Gasteiger partial charge in [0, 0.05) is 17.1 Å². The molecule has 2 heterocycles. The number of aryl methyl sites for hydroxylation is 1. The van der Waals surface area contributed by atoms with Crippen LogP contribution in [0.5, 0.6) is 0 Å². The lowest BCUT2D eigenvalue weighted by Crippen LogP contribution is -2.17. The van der Waals surface area contributed by atoms with E-state index in [4.69, 9.17) is 17.4 Å². The molecule has 6 nitrogen and oxygen atoms in total. The Kier molecular flexibility index (Phi) is 4.58. The molecule has 2 aromatic rings. The van der Waals surface area contributed by atoms with E-state index in [9.17, 15) is 13.2 Å². The normalized spacial score (nSPS) is 16.5. The summed E-state index contributed by atoms with van der Waals surface area (Å²) in [7, 11) is -3.72. The number of sulfonamides is 1. The lowest BCUT2D eigenvalue weighted by Gasteiger charge is -2.10. The van der Waals surface area contributed by atoms with Crippen LogP contribution in [0.15, 0.2) is 40.1 Å². The standard InChI is InChI=1S/C16H15N3O3S3/c1-9-7-11(8-14-15(20)18-16(23)24-14)10(2)19(9)12-3-5-13(6-4-12)25(17,21)22/h3-8H,1-2H3,(H2,17,21,22)(H,18,20,23). The van der Waals surface area contributed by atoms with Gasteiger partial charge in [-0.3, -0.25) is 4.79 Å². The van der Waals surface area contributed by atoms with Crippen LogP contribution in [-0.2, 0) is 14.8 Å². The molecule has 0 aliphatic carbocycles. The van der Waals surface area contributed by atoms with Crippen molar-refractivity contribution in [1.29, 1.82) is 0 Å². The van der Waals surface area contributed by atoms with Crippen molar-refractivity contribution < 1.29 is 13.2 Å². The maximum Gasteiger partial charge on any atom is 0.263 e. The maximum absolute atomic E-state index is 11.8. The molecular formula is C16H15N3O3S3. The van der Waals surface area contributed by atoms with Gasteiger partial charge in [0.15, 0.2) is 0 Å². The summed E-state index contributed by atoms with van der Waals surface area (Å²) in [6, 6.07) is 8.30. The fourth-order valence-corrected chi connectivity index (χ4v) is 4.23. The van der Waals surface area contributed by atoms with Gasteiger partial charge in [-0.2, -0.15) is 0 Å². The second kappa shape index (κ2) is 6.41. The summed E-state index contributed by atoms with van der Waals surface area (Å²) in [5.41, 5.74) is 3.60. The Balaban J connectivity index is 2.02. The van der Waals surface area contributed by atoms with Crippen molar-refractivity contribution in [2.75, 3.05) is 0 Å². The second-order valence-electron chi connectivity index (χ2n) is 5.55. The number of nitrogens with one attached hydrogen (secondary N) is 1. The third-order valence-corrected chi connectivity index (χ3v) is 5.91. The highest BCUT2D eigenvalue weighted by molar-refractivity contribution is 8.26. The van der Waals surface area contributed by atoms with E-state index >= 15 is 0 Å². The maximum atomic E-state index is 11.8. The molecule has 0 saturated carbocycles. The molecule has 3 N–H and O–H groups in total. The number of hydrogen-bond donors (Lipinski definition) is 2. The molecule has 0 radical (unpaired) electrons. The van der Waals surface area contributed by atoms with Crippen LogP contribution in [-0.4, -0.2) is 23.2 Å². The second-order valence-corrected chi connectivity index (χ2v) is 8.83. The monoisotopic (exact) mass is 393 g/mol. The summed E-state index contributed by atoms with van der Waals surface area (Å²) in [5, 5.41) is 7.72. The first-order chi connectivity index (χ1) is 11.7. The molecule has 1 aliphatic heterocycles. The lowest BCUT2D eigenvalue weighted by molar-refractivity contribution is -0.115. The molecule has 1 fully saturated rings. The van der Waals surface area contributed by atoms with Gasteiger partial charge in [-0.05, 0) is 55.8 Å². The highest BCUT2D eigenvalue weighted by Gasteiger charge is 2.23. The number of carbonyl (C=O) groups is 1. The van der Waals surface area contributed by atoms with E-state index in [2.05, 4.69) is 5.32 Å². The number of rotatable bonds is 3. The van der Waals surface area contributed by atoms with Gasteiger partial charge < -0.3 is 9.88 Å². The summed E-state index contributed by atoms with van der Waals surface area (Å²) in [4.78, 5) is 12.4. The van der Waals surface area contributed by atoms with E-state index in [1.807, 2.05) is 24.5 Å². The van der Waals surface area contributed by atoms with Gasteiger partial charge in [-0.25, -0.2) is 13.6 Å². The van der Waals surface area contributed by atoms with E-state index in [1.54, 1.807) is 18.2 Å². The number of aromatic nitrogens is 1. The Morgan fingerprint density at radius 3 is 2.40 bits per heavy atom. The third kappa shape index (κ3) is 3.54. The molecule has 1 aromatic heterocycles. The molecule has 1 aromatic carbocycles. The van der Waals surface area contributed by atoms with Crippen LogP contribution in [0.1, 0.15) is 17.0 Å². The third-order valence-electron chi connectivity index (χ3n) is 3.82. The zero-order chi connectivity index (χ0) is 18.4. The van der Waals surface area contributed by atoms with Crippen LogP contribution in [0.2, 0.25) is 0 Å². The first-order valence-electron chi connectivity index (χ1n) is 7.24. The zero-order valence-corrected chi connectivity index (χ0v) is 15.9. The van der Waals surface area contributed by atoms with Crippen LogP contribution in [0.4, 0.5) is 0 Å². The smallest absolute Gasteiger partial charge is 0.263 e. The fourth-order valence-electron chi connectivity index (χ4n) is 2.68. The summed E-state index contributed by atoms with van der Waals surface area (Å²) in [5.74, 6) is -0.197. The van der Waals surface area contributed by atoms with Crippen molar-refractivity contribution >= 4 is 50.3 Å². The van der Waals surface area contributed by atoms with Crippen molar-refractivity contribution in [1.82, 2.24) is 9.88 Å². The van der Waals surface area contributed by atoms with E-state index in [-0.39, 0.29) is 10.8 Å². The molecule has 0 spiro atoms. The Bertz CT molecular complexity index is 1020. The van der Waals surface area contributed by atoms with Crippen molar-refractivity contribution in [2.45, 2.75) is 18.7 Å². The molecular weight excluding hydrogens is 378 g/mol. The van der Waals surface area contributed by atoms with E-state index in [0.717, 1.165) is 22.6 Å². The number of nitrogens with two attached hydrogens (primary N) is 1.